The molecule has 0 radical (unpaired) electrons. The van der Waals surface area contributed by atoms with Gasteiger partial charge in [-0.3, -0.25) is 4.68 Å². The van der Waals surface area contributed by atoms with Crippen LogP contribution in [0.5, 0.6) is 0 Å². The summed E-state index contributed by atoms with van der Waals surface area (Å²) < 4.78 is 1.75. The molecule has 2 aromatic heterocycles. The van der Waals surface area contributed by atoms with Crippen LogP contribution in [0.3, 0.4) is 0 Å². The van der Waals surface area contributed by atoms with E-state index in [1.807, 2.05) is 49.6 Å². The number of benzene rings is 1. The van der Waals surface area contributed by atoms with Crippen molar-refractivity contribution in [2.24, 2.45) is 7.05 Å². The summed E-state index contributed by atoms with van der Waals surface area (Å²) >= 11 is 0. The molecule has 1 aromatic carbocycles. The van der Waals surface area contributed by atoms with Gasteiger partial charge in [-0.05, 0) is 12.1 Å². The van der Waals surface area contributed by atoms with Gasteiger partial charge in [-0.25, -0.2) is 0 Å². The largest absolute Gasteiger partial charge is 0.363 e. The smallest absolute Gasteiger partial charge is 0.148 e. The number of anilines is 1. The molecule has 0 aliphatic carbocycles. The Hall–Kier alpha value is -2.63. The van der Waals surface area contributed by atoms with Crippen LogP contribution in [0.2, 0.25) is 0 Å². The van der Waals surface area contributed by atoms with Crippen LogP contribution in [-0.4, -0.2) is 24.8 Å². The zero-order valence-electron chi connectivity index (χ0n) is 10.6. The number of hydrogen-bond donors (Lipinski definition) is 1. The fraction of sp³-hybridized carbons (Fsp3) is 0.154. The van der Waals surface area contributed by atoms with Gasteiger partial charge >= 0.3 is 0 Å². The Balaban J connectivity index is 1.68. The Morgan fingerprint density at radius 3 is 2.68 bits per heavy atom. The first kappa shape index (κ1) is 11.5. The maximum atomic E-state index is 4.41. The van der Waals surface area contributed by atoms with E-state index in [9.17, 15) is 0 Å². The monoisotopic (exact) mass is 254 g/mol. The average molecular weight is 254 g/mol. The molecule has 96 valence electrons. The van der Waals surface area contributed by atoms with E-state index < -0.39 is 0 Å². The Morgan fingerprint density at radius 1 is 1.11 bits per heavy atom. The van der Waals surface area contributed by atoms with E-state index in [2.05, 4.69) is 20.6 Å². The average Bonchev–Trinajstić information content (AvgIpc) is 3.06. The number of rotatable bonds is 4. The lowest BCUT2D eigenvalue weighted by molar-refractivity contribution is 0.738. The van der Waals surface area contributed by atoms with Crippen molar-refractivity contribution in [1.82, 2.24) is 24.8 Å². The van der Waals surface area contributed by atoms with Crippen molar-refractivity contribution in [3.05, 3.63) is 54.5 Å². The molecule has 0 bridgehead atoms. The van der Waals surface area contributed by atoms with E-state index >= 15 is 0 Å². The highest BCUT2D eigenvalue weighted by Crippen LogP contribution is 2.06. The summed E-state index contributed by atoms with van der Waals surface area (Å²) in [5, 5.41) is 16.1. The topological polar surface area (TPSA) is 60.6 Å². The maximum Gasteiger partial charge on any atom is 0.148 e. The van der Waals surface area contributed by atoms with Crippen LogP contribution < -0.4 is 5.32 Å². The van der Waals surface area contributed by atoms with E-state index in [-0.39, 0.29) is 0 Å². The number of para-hydroxylation sites is 1. The highest BCUT2D eigenvalue weighted by molar-refractivity contribution is 5.33. The number of hydrogen-bond acceptors (Lipinski definition) is 4. The molecule has 0 saturated heterocycles. The number of aromatic nitrogens is 5. The van der Waals surface area contributed by atoms with E-state index in [0.29, 0.717) is 6.54 Å². The normalized spacial score (nSPS) is 10.6. The van der Waals surface area contributed by atoms with Gasteiger partial charge in [0.15, 0.2) is 0 Å². The minimum atomic E-state index is 0.601. The second-order valence-corrected chi connectivity index (χ2v) is 4.19. The zero-order chi connectivity index (χ0) is 13.1. The number of nitrogens with one attached hydrogen (secondary N) is 1. The van der Waals surface area contributed by atoms with Crippen molar-refractivity contribution in [3.63, 3.8) is 0 Å². The fourth-order valence-corrected chi connectivity index (χ4v) is 1.75. The molecule has 1 N–H and O–H groups in total. The summed E-state index contributed by atoms with van der Waals surface area (Å²) in [6.07, 6.45) is 3.64. The molecule has 0 fully saturated rings. The minimum Gasteiger partial charge on any atom is -0.363 e. The second-order valence-electron chi connectivity index (χ2n) is 4.19. The van der Waals surface area contributed by atoms with E-state index in [0.717, 1.165) is 17.2 Å². The number of nitrogens with zero attached hydrogens (tertiary/aromatic N) is 5. The molecule has 2 heterocycles. The molecule has 6 heteroatoms. The van der Waals surface area contributed by atoms with Gasteiger partial charge in [0.05, 0.1) is 18.4 Å². The van der Waals surface area contributed by atoms with Gasteiger partial charge in [-0.2, -0.15) is 20.1 Å². The summed E-state index contributed by atoms with van der Waals surface area (Å²) in [5.74, 6) is 0.830. The molecule has 0 amide bonds. The Bertz CT molecular complexity index is 655. The third-order valence-electron chi connectivity index (χ3n) is 2.69. The fourth-order valence-electron chi connectivity index (χ4n) is 1.75. The van der Waals surface area contributed by atoms with Crippen molar-refractivity contribution < 1.29 is 0 Å². The van der Waals surface area contributed by atoms with Gasteiger partial charge in [0.2, 0.25) is 0 Å². The molecule has 0 aliphatic heterocycles. The summed E-state index contributed by atoms with van der Waals surface area (Å²) in [6, 6.07) is 11.7. The van der Waals surface area contributed by atoms with Crippen molar-refractivity contribution >= 4 is 5.82 Å². The van der Waals surface area contributed by atoms with Gasteiger partial charge in [0, 0.05) is 19.3 Å². The zero-order valence-corrected chi connectivity index (χ0v) is 10.6. The second kappa shape index (κ2) is 4.93. The quantitative estimate of drug-likeness (QED) is 0.768. The Kier molecular flexibility index (Phi) is 2.97. The van der Waals surface area contributed by atoms with Crippen LogP contribution >= 0.6 is 0 Å². The molecule has 0 unspecified atom stereocenters. The first-order chi connectivity index (χ1) is 9.31. The van der Waals surface area contributed by atoms with Gasteiger partial charge in [-0.15, -0.1) is 0 Å². The molecule has 0 saturated carbocycles. The summed E-state index contributed by atoms with van der Waals surface area (Å²) in [6.45, 7) is 0.601. The van der Waals surface area contributed by atoms with Crippen molar-refractivity contribution in [3.8, 4) is 5.69 Å². The van der Waals surface area contributed by atoms with Crippen LogP contribution in [0.15, 0.2) is 48.8 Å². The Morgan fingerprint density at radius 2 is 1.95 bits per heavy atom. The molecule has 0 atom stereocenters. The summed E-state index contributed by atoms with van der Waals surface area (Å²) in [4.78, 5) is 1.62. The predicted molar refractivity (Wildman–Crippen MR) is 71.9 cm³/mol. The lowest BCUT2D eigenvalue weighted by atomic mass is 10.3. The molecule has 6 nitrogen and oxygen atoms in total. The standard InChI is InChI=1S/C13H14N6/c1-18-8-7-13(17-18)14-9-11-10-15-19(16-11)12-5-3-2-4-6-12/h2-8,10H,9H2,1H3,(H,14,17). The highest BCUT2D eigenvalue weighted by atomic mass is 15.5. The predicted octanol–water partition coefficient (Wildman–Crippen LogP) is 1.61. The van der Waals surface area contributed by atoms with Gasteiger partial charge in [0.25, 0.3) is 0 Å². The molecule has 3 rings (SSSR count). The summed E-state index contributed by atoms with van der Waals surface area (Å²) in [5.41, 5.74) is 1.82. The molecule has 0 spiro atoms. The van der Waals surface area contributed by atoms with Gasteiger partial charge in [0.1, 0.15) is 11.5 Å². The van der Waals surface area contributed by atoms with Crippen molar-refractivity contribution in [2.75, 3.05) is 5.32 Å². The van der Waals surface area contributed by atoms with Gasteiger partial charge < -0.3 is 5.32 Å². The van der Waals surface area contributed by atoms with Gasteiger partial charge in [-0.1, -0.05) is 18.2 Å². The SMILES string of the molecule is Cn1ccc(NCc2cnn(-c3ccccc3)n2)n1. The van der Waals surface area contributed by atoms with Crippen LogP contribution in [0.1, 0.15) is 5.69 Å². The van der Waals surface area contributed by atoms with E-state index in [1.165, 1.54) is 0 Å². The van der Waals surface area contributed by atoms with Crippen LogP contribution in [0.25, 0.3) is 5.69 Å². The van der Waals surface area contributed by atoms with Crippen LogP contribution in [-0.2, 0) is 13.6 Å². The van der Waals surface area contributed by atoms with Crippen LogP contribution in [0, 0.1) is 0 Å². The molecular formula is C13H14N6. The van der Waals surface area contributed by atoms with Crippen molar-refractivity contribution in [2.45, 2.75) is 6.54 Å². The lowest BCUT2D eigenvalue weighted by Crippen LogP contribution is -2.03. The van der Waals surface area contributed by atoms with Crippen molar-refractivity contribution in [1.29, 1.82) is 0 Å². The first-order valence-electron chi connectivity index (χ1n) is 6.01. The molecule has 3 aromatic rings. The molecule has 0 aliphatic rings. The lowest BCUT2D eigenvalue weighted by Gasteiger charge is -1.99. The highest BCUT2D eigenvalue weighted by Gasteiger charge is 2.03. The van der Waals surface area contributed by atoms with E-state index in [4.69, 9.17) is 0 Å². The third kappa shape index (κ3) is 2.62. The molecular weight excluding hydrogens is 240 g/mol. The third-order valence-corrected chi connectivity index (χ3v) is 2.69. The van der Waals surface area contributed by atoms with E-state index in [1.54, 1.807) is 15.7 Å². The minimum absolute atomic E-state index is 0.601. The summed E-state index contributed by atoms with van der Waals surface area (Å²) in [7, 11) is 1.89. The number of aryl methyl sites for hydroxylation is 1. The maximum absolute atomic E-state index is 4.41. The molecule has 19 heavy (non-hydrogen) atoms. The first-order valence-corrected chi connectivity index (χ1v) is 6.01. The Labute approximate surface area is 110 Å². The van der Waals surface area contributed by atoms with Crippen LogP contribution in [0.4, 0.5) is 5.82 Å².